The third-order valence-corrected chi connectivity index (χ3v) is 13.9. The fourth-order valence-electron chi connectivity index (χ4n) is 8.87. The Morgan fingerprint density at radius 2 is 1.65 bits per heavy atom. The molecular weight excluding hydrogens is 1040 g/mol. The van der Waals surface area contributed by atoms with Crippen molar-refractivity contribution in [1.29, 1.82) is 0 Å². The number of hydrogen-bond donors (Lipinski definition) is 8. The predicted molar refractivity (Wildman–Crippen MR) is 278 cm³/mol. The van der Waals surface area contributed by atoms with E-state index >= 15 is 0 Å². The minimum Gasteiger partial charge on any atom is -0.481 e. The zero-order chi connectivity index (χ0) is 57.2. The van der Waals surface area contributed by atoms with Gasteiger partial charge < -0.3 is 65.8 Å². The van der Waals surface area contributed by atoms with Crippen molar-refractivity contribution in [3.05, 3.63) is 86.7 Å². The molecule has 0 saturated carbocycles. The Labute approximate surface area is 447 Å². The number of cyclic esters (lactones) is 1. The first kappa shape index (κ1) is 59.1. The standard InChI is InChI=1S/C51H63N9O17S/c1-6-32-33-23-31(14-15-37(33)55-43-34(32)25-60-39(43)24-36-35(46(60)66)27-75-47(67)51(36,71)7-2)77-50(70)59(21-22-78(72,73)74)20-19-58(5)49(69)76-26-29-10-12-30(13-11-29)54-44(64)38(9-8-18-53-48(52)68)56-45(65)42(28(3)4)57-40(61)16-17-41(62)63/h10-15,23-24,28,38,42,71H,6-9,16-22,25-27H2,1-5H3,(H,54,64)(H,56,65)(H,57,61)(H,62,63)(H3,52,53,68)(H,72,73,74)/t38-,42-,51-/m0/s1. The number of aliphatic carboxylic acids is 1. The molecule has 2 aliphatic rings. The lowest BCUT2D eigenvalue weighted by Crippen LogP contribution is -2.54. The van der Waals surface area contributed by atoms with Crippen molar-refractivity contribution in [2.75, 3.05) is 44.3 Å². The first-order valence-corrected chi connectivity index (χ1v) is 26.6. The summed E-state index contributed by atoms with van der Waals surface area (Å²) in [5.41, 5.74) is 6.74. The van der Waals surface area contributed by atoms with E-state index in [2.05, 4.69) is 21.3 Å². The largest absolute Gasteiger partial charge is 0.481 e. The molecule has 26 nitrogen and oxygen atoms in total. The van der Waals surface area contributed by atoms with Crippen LogP contribution in [0.15, 0.2) is 53.3 Å². The quantitative estimate of drug-likeness (QED) is 0.0250. The van der Waals surface area contributed by atoms with Crippen molar-refractivity contribution in [2.24, 2.45) is 11.7 Å². The molecule has 3 atom stereocenters. The number of aryl methyl sites for hydroxylation is 1. The highest BCUT2D eigenvalue weighted by molar-refractivity contribution is 7.85. The number of carbonyl (C=O) groups excluding carboxylic acids is 7. The summed E-state index contributed by atoms with van der Waals surface area (Å²) < 4.78 is 51.0. The smallest absolute Gasteiger partial charge is 0.415 e. The van der Waals surface area contributed by atoms with Crippen molar-refractivity contribution in [3.8, 4) is 17.1 Å². The number of carbonyl (C=O) groups is 8. The summed E-state index contributed by atoms with van der Waals surface area (Å²) in [5, 5.41) is 31.0. The van der Waals surface area contributed by atoms with E-state index in [-0.39, 0.29) is 82.0 Å². The number of amides is 7. The van der Waals surface area contributed by atoms with Crippen molar-refractivity contribution in [2.45, 2.75) is 104 Å². The molecule has 2 aromatic carbocycles. The molecular formula is C51H63N9O17S. The Morgan fingerprint density at radius 1 is 0.936 bits per heavy atom. The molecule has 27 heteroatoms. The second kappa shape index (κ2) is 25.3. The van der Waals surface area contributed by atoms with Gasteiger partial charge in [-0.05, 0) is 79.1 Å². The van der Waals surface area contributed by atoms with E-state index in [0.717, 1.165) is 15.4 Å². The summed E-state index contributed by atoms with van der Waals surface area (Å²) >= 11 is 0. The van der Waals surface area contributed by atoms with Gasteiger partial charge in [0.15, 0.2) is 5.60 Å². The molecule has 4 heterocycles. The second-order valence-corrected chi connectivity index (χ2v) is 20.6. The van der Waals surface area contributed by atoms with E-state index in [1.807, 2.05) is 6.92 Å². The average molecular weight is 1110 g/mol. The van der Waals surface area contributed by atoms with Crippen LogP contribution in [-0.2, 0) is 75.3 Å². The number of benzene rings is 2. The lowest BCUT2D eigenvalue weighted by molar-refractivity contribution is -0.172. The Balaban J connectivity index is 1.07. The molecule has 0 saturated heterocycles. The van der Waals surface area contributed by atoms with Crippen LogP contribution in [-0.4, -0.2) is 141 Å². The lowest BCUT2D eigenvalue weighted by Gasteiger charge is -2.31. The number of nitrogens with zero attached hydrogens (tertiary/aromatic N) is 4. The van der Waals surface area contributed by atoms with Crippen LogP contribution in [0, 0.1) is 5.92 Å². The van der Waals surface area contributed by atoms with Gasteiger partial charge in [0, 0.05) is 61.8 Å². The summed E-state index contributed by atoms with van der Waals surface area (Å²) in [6.07, 6.45) is -1.93. The molecule has 0 aliphatic carbocycles. The van der Waals surface area contributed by atoms with E-state index in [4.69, 9.17) is 30.0 Å². The number of aliphatic hydroxyl groups is 1. The van der Waals surface area contributed by atoms with Crippen molar-refractivity contribution < 1.29 is 75.8 Å². The van der Waals surface area contributed by atoms with Crippen molar-refractivity contribution in [1.82, 2.24) is 35.3 Å². The number of pyridine rings is 2. The maximum atomic E-state index is 13.8. The molecule has 2 aliphatic heterocycles. The van der Waals surface area contributed by atoms with Crippen molar-refractivity contribution >= 4 is 74.6 Å². The lowest BCUT2D eigenvalue weighted by atomic mass is 9.86. The number of anilines is 1. The molecule has 7 amide bonds. The summed E-state index contributed by atoms with van der Waals surface area (Å²) in [4.78, 5) is 122. The van der Waals surface area contributed by atoms with Gasteiger partial charge in [-0.15, -0.1) is 0 Å². The van der Waals surface area contributed by atoms with E-state index in [0.29, 0.717) is 45.5 Å². The SMILES string of the molecule is CCc1c2c(nc3ccc(OC(=O)N(CCN(C)C(=O)OCc4ccc(NC(=O)[C@H](CCCNC(N)=O)NC(=O)[C@@H](NC(=O)CCC(=O)O)C(C)C)cc4)CCS(=O)(=O)O)cc13)-c1cc3c(c(=O)n1C2)COC(=O)[C@]3(O)CC. The summed E-state index contributed by atoms with van der Waals surface area (Å²) in [5.74, 6) is -5.27. The van der Waals surface area contributed by atoms with Gasteiger partial charge in [-0.3, -0.25) is 28.5 Å². The Kier molecular flexibility index (Phi) is 19.2. The third kappa shape index (κ3) is 14.4. The molecule has 0 spiro atoms. The number of nitrogens with one attached hydrogen (secondary N) is 4. The van der Waals surface area contributed by atoms with Gasteiger partial charge >= 0.3 is 30.2 Å². The zero-order valence-corrected chi connectivity index (χ0v) is 44.4. The molecule has 0 radical (unpaired) electrons. The molecule has 4 aromatic rings. The minimum atomic E-state index is -4.55. The molecule has 6 rings (SSSR count). The molecule has 0 bridgehead atoms. The molecule has 420 valence electrons. The Bertz CT molecular complexity index is 3170. The van der Waals surface area contributed by atoms with E-state index in [9.17, 15) is 61.2 Å². The highest BCUT2D eigenvalue weighted by Crippen LogP contribution is 2.41. The second-order valence-electron chi connectivity index (χ2n) is 19.0. The Morgan fingerprint density at radius 3 is 2.29 bits per heavy atom. The van der Waals surface area contributed by atoms with Gasteiger partial charge in [0.1, 0.15) is 31.0 Å². The molecule has 78 heavy (non-hydrogen) atoms. The predicted octanol–water partition coefficient (Wildman–Crippen LogP) is 2.48. The van der Waals surface area contributed by atoms with Gasteiger partial charge in [0.25, 0.3) is 15.7 Å². The number of nitrogens with two attached hydrogens (primary N) is 1. The summed E-state index contributed by atoms with van der Waals surface area (Å²) in [7, 11) is -3.18. The molecule has 2 aromatic heterocycles. The summed E-state index contributed by atoms with van der Waals surface area (Å²) in [6, 6.07) is 9.37. The highest BCUT2D eigenvalue weighted by atomic mass is 32.2. The monoisotopic (exact) mass is 1110 g/mol. The number of rotatable bonds is 24. The molecule has 9 N–H and O–H groups in total. The number of hydrogen-bond acceptors (Lipinski definition) is 16. The number of aromatic nitrogens is 2. The maximum Gasteiger partial charge on any atom is 0.415 e. The van der Waals surface area contributed by atoms with Crippen LogP contribution < -0.4 is 37.3 Å². The fourth-order valence-corrected chi connectivity index (χ4v) is 9.32. The number of carboxylic acid groups (broad SMARTS) is 1. The first-order chi connectivity index (χ1) is 36.8. The van der Waals surface area contributed by atoms with Gasteiger partial charge in [-0.1, -0.05) is 39.8 Å². The molecule has 0 unspecified atom stereocenters. The fraction of sp³-hybridized carbons (Fsp3) is 0.451. The van der Waals surface area contributed by atoms with E-state index in [1.165, 1.54) is 29.8 Å². The number of esters is 1. The van der Waals surface area contributed by atoms with Gasteiger partial charge in [0.2, 0.25) is 17.7 Å². The van der Waals surface area contributed by atoms with Gasteiger partial charge in [-0.25, -0.2) is 24.2 Å². The van der Waals surface area contributed by atoms with E-state index in [1.54, 1.807) is 51.1 Å². The first-order valence-electron chi connectivity index (χ1n) is 25.0. The van der Waals surface area contributed by atoms with Gasteiger partial charge in [0.05, 0.1) is 41.2 Å². The maximum absolute atomic E-state index is 13.8. The van der Waals surface area contributed by atoms with Crippen LogP contribution in [0.4, 0.5) is 20.1 Å². The minimum absolute atomic E-state index is 0.0189. The van der Waals surface area contributed by atoms with Crippen LogP contribution in [0.3, 0.4) is 0 Å². The topological polar surface area (TPSA) is 375 Å². The number of carboxylic acids is 1. The van der Waals surface area contributed by atoms with Crippen LogP contribution in [0.5, 0.6) is 5.75 Å². The van der Waals surface area contributed by atoms with Gasteiger partial charge in [-0.2, -0.15) is 8.42 Å². The number of urea groups is 1. The van der Waals surface area contributed by atoms with E-state index < -0.39 is 106 Å². The number of likely N-dealkylation sites (N-methyl/N-ethyl adjacent to an activating group) is 1. The molecule has 0 fully saturated rings. The number of ether oxygens (including phenoxy) is 3. The summed E-state index contributed by atoms with van der Waals surface area (Å²) in [6.45, 7) is 5.57. The number of fused-ring (bicyclic) bond motifs is 5. The Hall–Kier alpha value is -8.17. The van der Waals surface area contributed by atoms with Crippen LogP contribution in [0.1, 0.15) is 87.6 Å². The third-order valence-electron chi connectivity index (χ3n) is 13.2. The van der Waals surface area contributed by atoms with Crippen LogP contribution >= 0.6 is 0 Å². The van der Waals surface area contributed by atoms with Crippen molar-refractivity contribution in [3.63, 3.8) is 0 Å². The average Bonchev–Trinajstić information content (AvgIpc) is 3.94. The van der Waals surface area contributed by atoms with Crippen LogP contribution in [0.25, 0.3) is 22.3 Å². The normalized spacial score (nSPS) is 15.2. The number of primary amides is 1. The highest BCUT2D eigenvalue weighted by Gasteiger charge is 2.45. The zero-order valence-electron chi connectivity index (χ0n) is 43.6. The van der Waals surface area contributed by atoms with Crippen LogP contribution in [0.2, 0.25) is 0 Å².